The van der Waals surface area contributed by atoms with E-state index in [4.69, 9.17) is 0 Å². The third-order valence-electron chi connectivity index (χ3n) is 3.36. The number of allylic oxidation sites excluding steroid dienone is 4. The van der Waals surface area contributed by atoms with Gasteiger partial charge in [-0.05, 0) is 50.5 Å². The summed E-state index contributed by atoms with van der Waals surface area (Å²) in [6.45, 7) is 15.8. The molecule has 0 spiro atoms. The molecule has 0 fully saturated rings. The van der Waals surface area contributed by atoms with Gasteiger partial charge in [0.2, 0.25) is 0 Å². The van der Waals surface area contributed by atoms with E-state index in [1.165, 1.54) is 31.3 Å². The molecule has 1 aliphatic carbocycles. The minimum Gasteiger partial charge on any atom is -0.0816 e. The molecule has 0 aromatic rings. The van der Waals surface area contributed by atoms with Gasteiger partial charge < -0.3 is 0 Å². The Morgan fingerprint density at radius 1 is 1.24 bits per heavy atom. The Labute approximate surface area is 109 Å². The predicted molar refractivity (Wildman–Crippen MR) is 80.3 cm³/mol. The van der Waals surface area contributed by atoms with Gasteiger partial charge in [-0.15, -0.1) is 0 Å². The van der Waals surface area contributed by atoms with Crippen LogP contribution in [0.1, 0.15) is 80.6 Å². The Kier molecular flexibility index (Phi) is 7.50. The van der Waals surface area contributed by atoms with Gasteiger partial charge in [0.1, 0.15) is 0 Å². The van der Waals surface area contributed by atoms with Crippen molar-refractivity contribution in [3.8, 4) is 0 Å². The largest absolute Gasteiger partial charge is 0.0816 e. The molecular formula is C17H32. The summed E-state index contributed by atoms with van der Waals surface area (Å²) < 4.78 is 0. The molecule has 100 valence electrons. The van der Waals surface area contributed by atoms with Gasteiger partial charge >= 0.3 is 0 Å². The van der Waals surface area contributed by atoms with Gasteiger partial charge in [0, 0.05) is 0 Å². The van der Waals surface area contributed by atoms with Gasteiger partial charge in [-0.3, -0.25) is 0 Å². The Hall–Kier alpha value is -0.520. The lowest BCUT2D eigenvalue weighted by Gasteiger charge is -2.35. The topological polar surface area (TPSA) is 0 Å². The molecule has 17 heavy (non-hydrogen) atoms. The minimum atomic E-state index is 0.401. The summed E-state index contributed by atoms with van der Waals surface area (Å²) in [4.78, 5) is 0. The van der Waals surface area contributed by atoms with E-state index in [9.17, 15) is 0 Å². The molecule has 0 aliphatic heterocycles. The molecular weight excluding hydrogens is 204 g/mol. The summed E-state index contributed by atoms with van der Waals surface area (Å²) in [5.41, 5.74) is 5.15. The van der Waals surface area contributed by atoms with Gasteiger partial charge in [-0.1, -0.05) is 58.3 Å². The van der Waals surface area contributed by atoms with Crippen LogP contribution in [-0.2, 0) is 0 Å². The molecule has 0 radical (unpaired) electrons. The first-order valence-corrected chi connectivity index (χ1v) is 7.28. The van der Waals surface area contributed by atoms with E-state index in [1.807, 2.05) is 0 Å². The normalized spacial score (nSPS) is 19.8. The zero-order chi connectivity index (χ0) is 13.5. The zero-order valence-corrected chi connectivity index (χ0v) is 13.1. The second-order valence-electron chi connectivity index (χ2n) is 5.90. The molecule has 0 bridgehead atoms. The summed E-state index contributed by atoms with van der Waals surface area (Å²) in [6, 6.07) is 0. The van der Waals surface area contributed by atoms with Crippen molar-refractivity contribution in [1.82, 2.24) is 0 Å². The fraction of sp³-hybridized carbons (Fsp3) is 0.765. The molecule has 0 aromatic heterocycles. The Morgan fingerprint density at radius 2 is 1.76 bits per heavy atom. The van der Waals surface area contributed by atoms with Gasteiger partial charge in [0.05, 0.1) is 0 Å². The number of hydrogen-bond acceptors (Lipinski definition) is 0. The van der Waals surface area contributed by atoms with Crippen molar-refractivity contribution in [1.29, 1.82) is 0 Å². The molecule has 0 nitrogen and oxygen atoms in total. The first-order chi connectivity index (χ1) is 7.90. The van der Waals surface area contributed by atoms with Gasteiger partial charge in [-0.2, -0.15) is 0 Å². The standard InChI is InChI=1S/C14H24.C3H8/c1-6-8-11(2)13-12(3)9-7-10-14(13,4)5;1-3-2/h8H,6-7,9-10H2,1-5H3;3H2,1-2H3/b11-8+;. The van der Waals surface area contributed by atoms with Crippen molar-refractivity contribution in [3.63, 3.8) is 0 Å². The molecule has 0 atom stereocenters. The molecule has 0 aromatic carbocycles. The Bertz CT molecular complexity index is 276. The van der Waals surface area contributed by atoms with Crippen LogP contribution < -0.4 is 0 Å². The maximum absolute atomic E-state index is 2.39. The Balaban J connectivity index is 0.000000770. The molecule has 0 N–H and O–H groups in total. The fourth-order valence-corrected chi connectivity index (χ4v) is 2.90. The lowest BCUT2D eigenvalue weighted by molar-refractivity contribution is 0.372. The summed E-state index contributed by atoms with van der Waals surface area (Å²) in [5.74, 6) is 0. The predicted octanol–water partition coefficient (Wildman–Crippen LogP) is 6.29. The van der Waals surface area contributed by atoms with Crippen molar-refractivity contribution in [2.75, 3.05) is 0 Å². The first kappa shape index (κ1) is 16.5. The fourth-order valence-electron chi connectivity index (χ4n) is 2.90. The van der Waals surface area contributed by atoms with E-state index in [2.05, 4.69) is 54.5 Å². The number of hydrogen-bond donors (Lipinski definition) is 0. The van der Waals surface area contributed by atoms with Crippen molar-refractivity contribution in [2.24, 2.45) is 5.41 Å². The van der Waals surface area contributed by atoms with Crippen molar-refractivity contribution in [3.05, 3.63) is 22.8 Å². The van der Waals surface area contributed by atoms with Crippen LogP contribution in [0.25, 0.3) is 0 Å². The van der Waals surface area contributed by atoms with Crippen molar-refractivity contribution < 1.29 is 0 Å². The third kappa shape index (κ3) is 5.10. The molecule has 0 saturated heterocycles. The average molecular weight is 236 g/mol. The van der Waals surface area contributed by atoms with Crippen molar-refractivity contribution >= 4 is 0 Å². The van der Waals surface area contributed by atoms with E-state index in [0.29, 0.717) is 5.41 Å². The number of rotatable bonds is 2. The molecule has 0 unspecified atom stereocenters. The second kappa shape index (κ2) is 7.74. The van der Waals surface area contributed by atoms with Crippen LogP contribution in [0.5, 0.6) is 0 Å². The maximum Gasteiger partial charge on any atom is -0.0101 e. The van der Waals surface area contributed by atoms with Crippen LogP contribution >= 0.6 is 0 Å². The average Bonchev–Trinajstić information content (AvgIpc) is 2.17. The SMILES string of the molecule is CC/C=C(\C)C1=C(C)CCCC1(C)C.CCC. The zero-order valence-electron chi connectivity index (χ0n) is 13.1. The van der Waals surface area contributed by atoms with E-state index < -0.39 is 0 Å². The monoisotopic (exact) mass is 236 g/mol. The van der Waals surface area contributed by atoms with Crippen LogP contribution in [0, 0.1) is 5.41 Å². The maximum atomic E-state index is 2.39. The Morgan fingerprint density at radius 3 is 2.18 bits per heavy atom. The van der Waals surface area contributed by atoms with E-state index >= 15 is 0 Å². The summed E-state index contributed by atoms with van der Waals surface area (Å²) in [5, 5.41) is 0. The van der Waals surface area contributed by atoms with E-state index in [0.717, 1.165) is 6.42 Å². The summed E-state index contributed by atoms with van der Waals surface area (Å²) in [6.07, 6.45) is 8.77. The van der Waals surface area contributed by atoms with E-state index in [1.54, 1.807) is 11.1 Å². The molecule has 0 heterocycles. The molecule has 0 amide bonds. The summed E-state index contributed by atoms with van der Waals surface area (Å²) in [7, 11) is 0. The highest BCUT2D eigenvalue weighted by molar-refractivity contribution is 5.39. The highest BCUT2D eigenvalue weighted by atomic mass is 14.3. The quantitative estimate of drug-likeness (QED) is 0.529. The summed E-state index contributed by atoms with van der Waals surface area (Å²) >= 11 is 0. The highest BCUT2D eigenvalue weighted by Crippen LogP contribution is 2.43. The lowest BCUT2D eigenvalue weighted by atomic mass is 9.70. The van der Waals surface area contributed by atoms with Crippen LogP contribution in [0.4, 0.5) is 0 Å². The third-order valence-corrected chi connectivity index (χ3v) is 3.36. The molecule has 1 aliphatic rings. The molecule has 0 saturated carbocycles. The van der Waals surface area contributed by atoms with Crippen LogP contribution in [-0.4, -0.2) is 0 Å². The second-order valence-corrected chi connectivity index (χ2v) is 5.90. The first-order valence-electron chi connectivity index (χ1n) is 7.28. The highest BCUT2D eigenvalue weighted by Gasteiger charge is 2.28. The van der Waals surface area contributed by atoms with Crippen LogP contribution in [0.2, 0.25) is 0 Å². The minimum absolute atomic E-state index is 0.401. The van der Waals surface area contributed by atoms with E-state index in [-0.39, 0.29) is 0 Å². The van der Waals surface area contributed by atoms with Gasteiger partial charge in [-0.25, -0.2) is 0 Å². The van der Waals surface area contributed by atoms with Gasteiger partial charge in [0.25, 0.3) is 0 Å². The van der Waals surface area contributed by atoms with Crippen molar-refractivity contribution in [2.45, 2.75) is 80.6 Å². The lowest BCUT2D eigenvalue weighted by Crippen LogP contribution is -2.21. The van der Waals surface area contributed by atoms with Crippen LogP contribution in [0.15, 0.2) is 22.8 Å². The smallest absolute Gasteiger partial charge is 0.0101 e. The van der Waals surface area contributed by atoms with Crippen LogP contribution in [0.3, 0.4) is 0 Å². The van der Waals surface area contributed by atoms with Gasteiger partial charge in [0.15, 0.2) is 0 Å². The molecule has 0 heteroatoms. The molecule has 1 rings (SSSR count).